The number of nitrogens with two attached hydrogens (primary N) is 2. The summed E-state index contributed by atoms with van der Waals surface area (Å²) in [4.78, 5) is 45.9. The highest BCUT2D eigenvalue weighted by Gasteiger charge is 2.19. The van der Waals surface area contributed by atoms with E-state index in [9.17, 15) is 14.7 Å². The molecule has 0 spiro atoms. The van der Waals surface area contributed by atoms with E-state index >= 15 is 0 Å². The number of nitrogens with one attached hydrogen (secondary N) is 4. The number of H-pyrrole nitrogens is 2. The lowest BCUT2D eigenvalue weighted by molar-refractivity contribution is 0.0942. The van der Waals surface area contributed by atoms with Gasteiger partial charge in [-0.15, -0.1) is 0 Å². The molecule has 2 aromatic carbocycles. The van der Waals surface area contributed by atoms with Crippen molar-refractivity contribution in [2.45, 2.75) is 26.0 Å². The Hall–Kier alpha value is -5.94. The molecule has 0 radical (unpaired) electrons. The van der Waals surface area contributed by atoms with Crippen LogP contribution in [0.15, 0.2) is 67.3 Å². The molecule has 50 heavy (non-hydrogen) atoms. The van der Waals surface area contributed by atoms with Crippen LogP contribution in [-0.4, -0.2) is 89.5 Å². The minimum absolute atomic E-state index is 0.0685. The predicted molar refractivity (Wildman–Crippen MR) is 187 cm³/mol. The molecule has 6 aromatic rings. The number of hydrogen-bond donors (Lipinski definition) is 9. The van der Waals surface area contributed by atoms with E-state index in [0.717, 1.165) is 22.4 Å². The number of fused-ring (bicyclic) bond motifs is 2. The molecule has 0 saturated carbocycles. The summed E-state index contributed by atoms with van der Waals surface area (Å²) >= 11 is 0. The number of aromatic amines is 2. The first-order valence-electron chi connectivity index (χ1n) is 15.7. The maximum Gasteiger partial charge on any atom is 0.252 e. The number of pyridine rings is 2. The second-order valence-corrected chi connectivity index (χ2v) is 11.0. The Morgan fingerprint density at radius 3 is 2.48 bits per heavy atom. The standard InChI is InChI=1S/C27H32N6O5.C7H6N4O/c1-2-20-17(12-29-13-18(36)15-35)4-3-5-22(20)31-23-21(25(28)37)14-30-27-24(23)32-26(33-27)16-6-8-19(9-7-16)38-11-10-34;8-6(12)4-1-5-7(9-2-4)11-3-10-5/h3-9,14,18,29,34-36H,2,10-13,15H2,1H3,(H2,28,37)(H2,30,31,32,33);1-3H,(H2,8,12)(H,9,10,11). The van der Waals surface area contributed by atoms with Crippen LogP contribution in [-0.2, 0) is 13.0 Å². The van der Waals surface area contributed by atoms with Gasteiger partial charge in [-0.05, 0) is 53.9 Å². The molecular formula is C34H38N10O6. The van der Waals surface area contributed by atoms with Crippen molar-refractivity contribution in [1.29, 1.82) is 0 Å². The van der Waals surface area contributed by atoms with E-state index in [0.29, 0.717) is 58.1 Å². The third-order valence-corrected chi connectivity index (χ3v) is 7.62. The van der Waals surface area contributed by atoms with Gasteiger partial charge in [0.2, 0.25) is 5.91 Å². The first-order valence-corrected chi connectivity index (χ1v) is 15.7. The van der Waals surface area contributed by atoms with Gasteiger partial charge in [0, 0.05) is 36.7 Å². The average molecular weight is 683 g/mol. The molecule has 16 nitrogen and oxygen atoms in total. The Balaban J connectivity index is 0.000000338. The van der Waals surface area contributed by atoms with Crippen molar-refractivity contribution in [3.63, 3.8) is 0 Å². The van der Waals surface area contributed by atoms with Crippen LogP contribution in [0.1, 0.15) is 38.8 Å². The molecule has 0 aliphatic rings. The molecule has 1 atom stereocenters. The number of benzene rings is 2. The average Bonchev–Trinajstić information content (AvgIpc) is 3.79. The summed E-state index contributed by atoms with van der Waals surface area (Å²) in [6.45, 7) is 2.63. The van der Waals surface area contributed by atoms with E-state index in [2.05, 4.69) is 40.5 Å². The van der Waals surface area contributed by atoms with Gasteiger partial charge in [0.25, 0.3) is 5.91 Å². The van der Waals surface area contributed by atoms with Gasteiger partial charge in [-0.2, -0.15) is 0 Å². The Morgan fingerprint density at radius 1 is 1.00 bits per heavy atom. The first kappa shape index (κ1) is 35.4. The number of rotatable bonds is 14. The summed E-state index contributed by atoms with van der Waals surface area (Å²) < 4.78 is 5.42. The molecule has 2 amide bonds. The van der Waals surface area contributed by atoms with Crippen molar-refractivity contribution in [3.05, 3.63) is 89.5 Å². The highest BCUT2D eigenvalue weighted by atomic mass is 16.5. The van der Waals surface area contributed by atoms with Crippen LogP contribution in [0, 0.1) is 0 Å². The zero-order valence-electron chi connectivity index (χ0n) is 27.2. The minimum atomic E-state index is -0.830. The molecule has 0 saturated heterocycles. The minimum Gasteiger partial charge on any atom is -0.491 e. The lowest BCUT2D eigenvalue weighted by Crippen LogP contribution is -2.29. The summed E-state index contributed by atoms with van der Waals surface area (Å²) in [6, 6.07) is 14.7. The molecule has 16 heteroatoms. The van der Waals surface area contributed by atoms with Gasteiger partial charge in [-0.1, -0.05) is 19.1 Å². The summed E-state index contributed by atoms with van der Waals surface area (Å²) in [5.74, 6) is 0.0704. The van der Waals surface area contributed by atoms with Crippen LogP contribution in [0.4, 0.5) is 11.4 Å². The van der Waals surface area contributed by atoms with Crippen molar-refractivity contribution in [2.75, 3.05) is 31.7 Å². The van der Waals surface area contributed by atoms with Crippen LogP contribution in [0.5, 0.6) is 5.75 Å². The number of imidazole rings is 2. The second-order valence-electron chi connectivity index (χ2n) is 11.0. The highest BCUT2D eigenvalue weighted by molar-refractivity contribution is 6.06. The van der Waals surface area contributed by atoms with E-state index in [1.54, 1.807) is 18.2 Å². The zero-order valence-corrected chi connectivity index (χ0v) is 27.2. The number of aliphatic hydroxyl groups is 3. The highest BCUT2D eigenvalue weighted by Crippen LogP contribution is 2.32. The van der Waals surface area contributed by atoms with Crippen LogP contribution in [0.2, 0.25) is 0 Å². The molecule has 0 bridgehead atoms. The van der Waals surface area contributed by atoms with E-state index in [1.807, 2.05) is 37.3 Å². The number of anilines is 2. The number of hydrogen-bond acceptors (Lipinski definition) is 12. The molecule has 0 aliphatic heterocycles. The molecule has 4 heterocycles. The maximum absolute atomic E-state index is 12.3. The summed E-state index contributed by atoms with van der Waals surface area (Å²) in [5.41, 5.74) is 17.7. The van der Waals surface area contributed by atoms with E-state index in [-0.39, 0.29) is 31.9 Å². The number of aliphatic hydroxyl groups excluding tert-OH is 3. The Kier molecular flexibility index (Phi) is 11.6. The number of aromatic nitrogens is 6. The largest absolute Gasteiger partial charge is 0.491 e. The Labute approximate surface area is 286 Å². The van der Waals surface area contributed by atoms with Crippen molar-refractivity contribution < 1.29 is 29.6 Å². The number of nitrogens with zero attached hydrogens (tertiary/aromatic N) is 4. The fourth-order valence-corrected chi connectivity index (χ4v) is 5.15. The summed E-state index contributed by atoms with van der Waals surface area (Å²) in [6.07, 6.45) is 4.22. The molecule has 11 N–H and O–H groups in total. The Bertz CT molecular complexity index is 2080. The lowest BCUT2D eigenvalue weighted by atomic mass is 10.0. The fourth-order valence-electron chi connectivity index (χ4n) is 5.15. The van der Waals surface area contributed by atoms with E-state index in [4.69, 9.17) is 26.4 Å². The number of ether oxygens (including phenoxy) is 1. The number of primary amides is 2. The normalized spacial score (nSPS) is 11.6. The topological polar surface area (TPSA) is 263 Å². The monoisotopic (exact) mass is 682 g/mol. The van der Waals surface area contributed by atoms with Crippen LogP contribution < -0.4 is 26.8 Å². The van der Waals surface area contributed by atoms with Crippen molar-refractivity contribution in [1.82, 2.24) is 35.2 Å². The number of carbonyl (C=O) groups excluding carboxylic acids is 2. The third kappa shape index (κ3) is 8.37. The van der Waals surface area contributed by atoms with Gasteiger partial charge in [-0.3, -0.25) is 9.59 Å². The SMILES string of the molecule is CCc1c(CNCC(O)CO)cccc1Nc1c(C(N)=O)cnc2nc(-c3ccc(OCCO)cc3)[nH]c12.NC(=O)c1cnc2nc[nH]c2c1. The van der Waals surface area contributed by atoms with E-state index < -0.39 is 17.9 Å². The second kappa shape index (κ2) is 16.4. The number of carbonyl (C=O) groups is 2. The summed E-state index contributed by atoms with van der Waals surface area (Å²) in [5, 5.41) is 34.2. The van der Waals surface area contributed by atoms with Crippen LogP contribution in [0.25, 0.3) is 33.7 Å². The number of amides is 2. The zero-order chi connectivity index (χ0) is 35.6. The van der Waals surface area contributed by atoms with Crippen molar-refractivity contribution in [2.24, 2.45) is 11.5 Å². The van der Waals surface area contributed by atoms with Crippen LogP contribution >= 0.6 is 0 Å². The molecular weight excluding hydrogens is 644 g/mol. The molecule has 0 aliphatic carbocycles. The molecule has 1 unspecified atom stereocenters. The van der Waals surface area contributed by atoms with Gasteiger partial charge in [-0.25, -0.2) is 19.9 Å². The quantitative estimate of drug-likeness (QED) is 0.0798. The summed E-state index contributed by atoms with van der Waals surface area (Å²) in [7, 11) is 0. The van der Waals surface area contributed by atoms with Gasteiger partial charge in [0.05, 0.1) is 48.0 Å². The molecule has 6 rings (SSSR count). The van der Waals surface area contributed by atoms with Gasteiger partial charge < -0.3 is 52.1 Å². The van der Waals surface area contributed by atoms with Gasteiger partial charge in [0.1, 0.15) is 23.7 Å². The fraction of sp³-hybridized carbons (Fsp3) is 0.235. The molecule has 0 fully saturated rings. The smallest absolute Gasteiger partial charge is 0.252 e. The first-order chi connectivity index (χ1) is 24.2. The van der Waals surface area contributed by atoms with Gasteiger partial charge in [0.15, 0.2) is 11.3 Å². The predicted octanol–water partition coefficient (Wildman–Crippen LogP) is 1.90. The maximum atomic E-state index is 12.3. The van der Waals surface area contributed by atoms with Gasteiger partial charge >= 0.3 is 0 Å². The molecule has 260 valence electrons. The lowest BCUT2D eigenvalue weighted by Gasteiger charge is -2.18. The van der Waals surface area contributed by atoms with Crippen molar-refractivity contribution in [3.8, 4) is 17.1 Å². The Morgan fingerprint density at radius 2 is 1.78 bits per heavy atom. The third-order valence-electron chi connectivity index (χ3n) is 7.62. The molecule has 4 aromatic heterocycles. The van der Waals surface area contributed by atoms with Crippen molar-refractivity contribution >= 4 is 45.5 Å². The van der Waals surface area contributed by atoms with E-state index in [1.165, 1.54) is 18.7 Å². The van der Waals surface area contributed by atoms with Crippen LogP contribution in [0.3, 0.4) is 0 Å².